The molecule has 2 unspecified atom stereocenters. The standard InChI is InChI=1S/C18H18N2O3/c1-11(2)20-16(12-6-5-9-19-10-12)15(18(22)23)13-7-3-4-8-14(13)17(20)21/h3-11,15-16H,1-2H3,(H,22,23). The lowest BCUT2D eigenvalue weighted by Gasteiger charge is -2.42. The molecule has 23 heavy (non-hydrogen) atoms. The summed E-state index contributed by atoms with van der Waals surface area (Å²) in [5.41, 5.74) is 1.76. The van der Waals surface area contributed by atoms with Gasteiger partial charge in [-0.05, 0) is 37.1 Å². The second-order valence-corrected chi connectivity index (χ2v) is 5.94. The summed E-state index contributed by atoms with van der Waals surface area (Å²) in [5, 5.41) is 9.84. The Morgan fingerprint density at radius 1 is 1.22 bits per heavy atom. The number of amides is 1. The zero-order valence-corrected chi connectivity index (χ0v) is 13.0. The summed E-state index contributed by atoms with van der Waals surface area (Å²) in [7, 11) is 0. The third kappa shape index (κ3) is 2.48. The second kappa shape index (κ2) is 5.83. The molecule has 3 rings (SSSR count). The molecule has 1 N–H and O–H groups in total. The summed E-state index contributed by atoms with van der Waals surface area (Å²) in [5.74, 6) is -1.89. The summed E-state index contributed by atoms with van der Waals surface area (Å²) < 4.78 is 0. The van der Waals surface area contributed by atoms with Crippen LogP contribution in [0.4, 0.5) is 0 Å². The second-order valence-electron chi connectivity index (χ2n) is 5.94. The van der Waals surface area contributed by atoms with Gasteiger partial charge in [0.15, 0.2) is 0 Å². The minimum Gasteiger partial charge on any atom is -0.481 e. The normalized spacial score (nSPS) is 20.5. The molecule has 118 valence electrons. The van der Waals surface area contributed by atoms with Gasteiger partial charge in [-0.25, -0.2) is 0 Å². The number of pyridine rings is 1. The number of carbonyl (C=O) groups excluding carboxylic acids is 1. The van der Waals surface area contributed by atoms with Crippen LogP contribution in [0.15, 0.2) is 48.8 Å². The fourth-order valence-electron chi connectivity index (χ4n) is 3.29. The van der Waals surface area contributed by atoms with Gasteiger partial charge in [-0.2, -0.15) is 0 Å². The highest BCUT2D eigenvalue weighted by molar-refractivity contribution is 6.00. The van der Waals surface area contributed by atoms with Crippen LogP contribution in [-0.4, -0.2) is 32.9 Å². The van der Waals surface area contributed by atoms with Gasteiger partial charge in [0, 0.05) is 24.0 Å². The van der Waals surface area contributed by atoms with E-state index in [0.717, 1.165) is 5.56 Å². The van der Waals surface area contributed by atoms with Crippen LogP contribution in [0, 0.1) is 0 Å². The van der Waals surface area contributed by atoms with Gasteiger partial charge >= 0.3 is 5.97 Å². The van der Waals surface area contributed by atoms with Crippen molar-refractivity contribution in [1.82, 2.24) is 9.88 Å². The van der Waals surface area contributed by atoms with Gasteiger partial charge in [0.05, 0.1) is 6.04 Å². The molecule has 5 nitrogen and oxygen atoms in total. The fourth-order valence-corrected chi connectivity index (χ4v) is 3.29. The van der Waals surface area contributed by atoms with Gasteiger partial charge in [0.1, 0.15) is 5.92 Å². The molecule has 5 heteroatoms. The molecule has 0 saturated carbocycles. The van der Waals surface area contributed by atoms with Gasteiger partial charge in [-0.3, -0.25) is 14.6 Å². The molecule has 2 heterocycles. The van der Waals surface area contributed by atoms with Crippen LogP contribution >= 0.6 is 0 Å². The zero-order chi connectivity index (χ0) is 16.6. The molecule has 0 bridgehead atoms. The topological polar surface area (TPSA) is 70.5 Å². The molecule has 0 spiro atoms. The Kier molecular flexibility index (Phi) is 3.86. The fraction of sp³-hybridized carbons (Fsp3) is 0.278. The lowest BCUT2D eigenvalue weighted by atomic mass is 9.79. The largest absolute Gasteiger partial charge is 0.481 e. The number of carboxylic acid groups (broad SMARTS) is 1. The summed E-state index contributed by atoms with van der Waals surface area (Å²) in [6, 6.07) is 9.86. The van der Waals surface area contributed by atoms with Gasteiger partial charge < -0.3 is 10.0 Å². The van der Waals surface area contributed by atoms with E-state index >= 15 is 0 Å². The third-order valence-corrected chi connectivity index (χ3v) is 4.22. The summed E-state index contributed by atoms with van der Waals surface area (Å²) in [6.45, 7) is 3.79. The number of rotatable bonds is 3. The van der Waals surface area contributed by atoms with Crippen LogP contribution in [0.5, 0.6) is 0 Å². The predicted octanol–water partition coefficient (Wildman–Crippen LogP) is 2.86. The first-order valence-corrected chi connectivity index (χ1v) is 7.56. The van der Waals surface area contributed by atoms with Gasteiger partial charge in [-0.15, -0.1) is 0 Å². The van der Waals surface area contributed by atoms with Gasteiger partial charge in [0.25, 0.3) is 5.91 Å². The number of aliphatic carboxylic acids is 1. The van der Waals surface area contributed by atoms with E-state index in [-0.39, 0.29) is 11.9 Å². The van der Waals surface area contributed by atoms with Gasteiger partial charge in [0.2, 0.25) is 0 Å². The van der Waals surface area contributed by atoms with E-state index in [0.29, 0.717) is 11.1 Å². The number of nitrogens with zero attached hydrogens (tertiary/aromatic N) is 2. The van der Waals surface area contributed by atoms with Crippen LogP contribution in [0.2, 0.25) is 0 Å². The number of hydrogen-bond donors (Lipinski definition) is 1. The van der Waals surface area contributed by atoms with Crippen molar-refractivity contribution in [1.29, 1.82) is 0 Å². The van der Waals surface area contributed by atoms with Crippen molar-refractivity contribution in [3.63, 3.8) is 0 Å². The molecular weight excluding hydrogens is 292 g/mol. The van der Waals surface area contributed by atoms with Crippen LogP contribution < -0.4 is 0 Å². The molecule has 1 aliphatic rings. The highest BCUT2D eigenvalue weighted by atomic mass is 16.4. The molecule has 1 amide bonds. The molecule has 1 aromatic heterocycles. The minimum atomic E-state index is -0.940. The Morgan fingerprint density at radius 2 is 1.96 bits per heavy atom. The molecule has 0 radical (unpaired) electrons. The summed E-state index contributed by atoms with van der Waals surface area (Å²) >= 11 is 0. The van der Waals surface area contributed by atoms with E-state index < -0.39 is 17.9 Å². The van der Waals surface area contributed by atoms with Gasteiger partial charge in [-0.1, -0.05) is 24.3 Å². The molecule has 2 aromatic rings. The van der Waals surface area contributed by atoms with E-state index in [9.17, 15) is 14.7 Å². The Balaban J connectivity index is 2.25. The minimum absolute atomic E-state index is 0.122. The SMILES string of the molecule is CC(C)N1C(=O)c2ccccc2C(C(=O)O)C1c1cccnc1. The van der Waals surface area contributed by atoms with E-state index in [1.54, 1.807) is 47.6 Å². The van der Waals surface area contributed by atoms with Crippen LogP contribution in [-0.2, 0) is 4.79 Å². The molecule has 0 saturated heterocycles. The number of hydrogen-bond acceptors (Lipinski definition) is 3. The molecular formula is C18H18N2O3. The maximum absolute atomic E-state index is 12.9. The van der Waals surface area contributed by atoms with Crippen LogP contribution in [0.25, 0.3) is 0 Å². The van der Waals surface area contributed by atoms with Crippen molar-refractivity contribution in [2.75, 3.05) is 0 Å². The first kappa shape index (κ1) is 15.2. The molecule has 2 atom stereocenters. The zero-order valence-electron chi connectivity index (χ0n) is 13.0. The first-order valence-electron chi connectivity index (χ1n) is 7.56. The molecule has 1 aliphatic heterocycles. The van der Waals surface area contributed by atoms with E-state index in [2.05, 4.69) is 4.98 Å². The van der Waals surface area contributed by atoms with Crippen molar-refractivity contribution in [3.05, 3.63) is 65.5 Å². The van der Waals surface area contributed by atoms with Crippen molar-refractivity contribution < 1.29 is 14.7 Å². The van der Waals surface area contributed by atoms with Crippen LogP contribution in [0.1, 0.15) is 47.3 Å². The monoisotopic (exact) mass is 310 g/mol. The van der Waals surface area contributed by atoms with Crippen molar-refractivity contribution in [2.24, 2.45) is 0 Å². The Morgan fingerprint density at radius 3 is 2.57 bits per heavy atom. The lowest BCUT2D eigenvalue weighted by Crippen LogP contribution is -2.48. The lowest BCUT2D eigenvalue weighted by molar-refractivity contribution is -0.140. The first-order chi connectivity index (χ1) is 11.0. The Hall–Kier alpha value is -2.69. The van der Waals surface area contributed by atoms with E-state index in [4.69, 9.17) is 0 Å². The third-order valence-electron chi connectivity index (χ3n) is 4.22. The number of carbonyl (C=O) groups is 2. The smallest absolute Gasteiger partial charge is 0.313 e. The predicted molar refractivity (Wildman–Crippen MR) is 85.1 cm³/mol. The van der Waals surface area contributed by atoms with Crippen molar-refractivity contribution >= 4 is 11.9 Å². The maximum atomic E-state index is 12.9. The maximum Gasteiger partial charge on any atom is 0.313 e. The van der Waals surface area contributed by atoms with Crippen LogP contribution in [0.3, 0.4) is 0 Å². The summed E-state index contributed by atoms with van der Waals surface area (Å²) in [4.78, 5) is 30.7. The highest BCUT2D eigenvalue weighted by Gasteiger charge is 2.45. The Bertz CT molecular complexity index is 743. The summed E-state index contributed by atoms with van der Waals surface area (Å²) in [6.07, 6.45) is 3.27. The highest BCUT2D eigenvalue weighted by Crippen LogP contribution is 2.43. The molecule has 1 aromatic carbocycles. The Labute approximate surface area is 134 Å². The average Bonchev–Trinajstić information content (AvgIpc) is 2.54. The number of aromatic nitrogens is 1. The number of carboxylic acids is 1. The molecule has 0 aliphatic carbocycles. The van der Waals surface area contributed by atoms with Crippen molar-refractivity contribution in [3.8, 4) is 0 Å². The number of fused-ring (bicyclic) bond motifs is 1. The van der Waals surface area contributed by atoms with Crippen molar-refractivity contribution in [2.45, 2.75) is 31.8 Å². The quantitative estimate of drug-likeness (QED) is 0.946. The van der Waals surface area contributed by atoms with E-state index in [1.165, 1.54) is 0 Å². The molecule has 0 fully saturated rings. The van der Waals surface area contributed by atoms with E-state index in [1.807, 2.05) is 19.9 Å². The number of benzene rings is 1. The average molecular weight is 310 g/mol.